The number of carbonyl (C=O) groups excluding carboxylic acids is 1. The fourth-order valence-electron chi connectivity index (χ4n) is 3.44. The van der Waals surface area contributed by atoms with Crippen LogP contribution in [0.15, 0.2) is 60.8 Å². The maximum Gasteiger partial charge on any atom is 0.276 e. The maximum absolute atomic E-state index is 12.8. The number of rotatable bonds is 7. The van der Waals surface area contributed by atoms with Crippen molar-refractivity contribution < 1.29 is 9.53 Å². The number of benzene rings is 2. The summed E-state index contributed by atoms with van der Waals surface area (Å²) in [5, 5.41) is 12.5. The number of aromatic nitrogens is 4. The van der Waals surface area contributed by atoms with Crippen molar-refractivity contribution in [2.45, 2.75) is 34.0 Å². The van der Waals surface area contributed by atoms with Crippen molar-refractivity contribution in [1.29, 1.82) is 0 Å². The zero-order chi connectivity index (χ0) is 22.7. The van der Waals surface area contributed by atoms with E-state index in [1.165, 1.54) is 5.56 Å². The van der Waals surface area contributed by atoms with E-state index in [9.17, 15) is 4.79 Å². The lowest BCUT2D eigenvalue weighted by Crippen LogP contribution is -2.15. The average molecular weight is 450 g/mol. The summed E-state index contributed by atoms with van der Waals surface area (Å²) in [4.78, 5) is 12.8. The Morgan fingerprint density at radius 1 is 1.06 bits per heavy atom. The van der Waals surface area contributed by atoms with E-state index in [0.29, 0.717) is 28.7 Å². The first-order chi connectivity index (χ1) is 15.4. The summed E-state index contributed by atoms with van der Waals surface area (Å²) in [6.45, 7) is 6.70. The fourth-order valence-corrected chi connectivity index (χ4v) is 3.63. The minimum Gasteiger partial charge on any atom is -0.471 e. The van der Waals surface area contributed by atoms with Crippen LogP contribution in [-0.4, -0.2) is 25.5 Å². The number of nitrogens with one attached hydrogen (secondary N) is 1. The predicted molar refractivity (Wildman–Crippen MR) is 124 cm³/mol. The molecule has 2 heterocycles. The Kier molecular flexibility index (Phi) is 6.28. The molecule has 4 aromatic rings. The van der Waals surface area contributed by atoms with Gasteiger partial charge in [-0.15, -0.1) is 0 Å². The van der Waals surface area contributed by atoms with Crippen LogP contribution in [0.5, 0.6) is 5.75 Å². The molecule has 32 heavy (non-hydrogen) atoms. The number of aryl methyl sites for hydroxylation is 2. The lowest BCUT2D eigenvalue weighted by atomic mass is 10.1. The first-order valence-electron chi connectivity index (χ1n) is 10.2. The van der Waals surface area contributed by atoms with E-state index in [1.54, 1.807) is 29.1 Å². The van der Waals surface area contributed by atoms with Crippen molar-refractivity contribution in [3.05, 3.63) is 94.0 Å². The summed E-state index contributed by atoms with van der Waals surface area (Å²) in [6.07, 6.45) is 1.69. The topological polar surface area (TPSA) is 74.0 Å². The van der Waals surface area contributed by atoms with Gasteiger partial charge in [0.2, 0.25) is 0 Å². The second-order valence-electron chi connectivity index (χ2n) is 7.62. The fraction of sp³-hybridized carbons (Fsp3) is 0.208. The summed E-state index contributed by atoms with van der Waals surface area (Å²) in [5.74, 6) is 0.332. The van der Waals surface area contributed by atoms with Crippen molar-refractivity contribution in [2.24, 2.45) is 0 Å². The average Bonchev–Trinajstić information content (AvgIpc) is 3.33. The van der Waals surface area contributed by atoms with Crippen LogP contribution in [0.1, 0.15) is 33.0 Å². The van der Waals surface area contributed by atoms with Crippen LogP contribution < -0.4 is 10.1 Å². The van der Waals surface area contributed by atoms with Gasteiger partial charge in [0.15, 0.2) is 12.4 Å². The molecule has 4 rings (SSSR count). The summed E-state index contributed by atoms with van der Waals surface area (Å²) in [5.41, 5.74) is 5.00. The van der Waals surface area contributed by atoms with Crippen molar-refractivity contribution in [3.8, 4) is 5.75 Å². The molecule has 2 aromatic heterocycles. The van der Waals surface area contributed by atoms with Gasteiger partial charge in [0.25, 0.3) is 5.91 Å². The minimum absolute atomic E-state index is 0.167. The monoisotopic (exact) mass is 449 g/mol. The molecule has 0 unspecified atom stereocenters. The van der Waals surface area contributed by atoms with Gasteiger partial charge in [0, 0.05) is 11.2 Å². The van der Waals surface area contributed by atoms with E-state index >= 15 is 0 Å². The number of nitrogens with zero attached hydrogens (tertiary/aromatic N) is 4. The first-order valence-corrected chi connectivity index (χ1v) is 10.6. The second-order valence-corrected chi connectivity index (χ2v) is 8.05. The molecule has 1 amide bonds. The number of carbonyl (C=O) groups is 1. The van der Waals surface area contributed by atoms with Crippen LogP contribution in [0.2, 0.25) is 5.02 Å². The van der Waals surface area contributed by atoms with E-state index in [-0.39, 0.29) is 12.6 Å². The Morgan fingerprint density at radius 2 is 1.88 bits per heavy atom. The summed E-state index contributed by atoms with van der Waals surface area (Å²) >= 11 is 5.97. The molecule has 8 heteroatoms. The molecule has 0 saturated carbocycles. The van der Waals surface area contributed by atoms with Crippen LogP contribution in [0.25, 0.3) is 0 Å². The van der Waals surface area contributed by atoms with E-state index < -0.39 is 0 Å². The molecule has 1 N–H and O–H groups in total. The summed E-state index contributed by atoms with van der Waals surface area (Å²) < 4.78 is 9.11. The number of ether oxygens (including phenoxy) is 1. The maximum atomic E-state index is 12.8. The lowest BCUT2D eigenvalue weighted by molar-refractivity contribution is 0.102. The lowest BCUT2D eigenvalue weighted by Gasteiger charge is -2.07. The van der Waals surface area contributed by atoms with Gasteiger partial charge in [-0.3, -0.25) is 9.48 Å². The van der Waals surface area contributed by atoms with Gasteiger partial charge in [-0.2, -0.15) is 10.2 Å². The molecule has 0 bridgehead atoms. The van der Waals surface area contributed by atoms with Gasteiger partial charge in [0.1, 0.15) is 5.75 Å². The van der Waals surface area contributed by atoms with Crippen molar-refractivity contribution in [1.82, 2.24) is 19.6 Å². The highest BCUT2D eigenvalue weighted by Crippen LogP contribution is 2.22. The molecular weight excluding hydrogens is 426 g/mol. The van der Waals surface area contributed by atoms with Crippen LogP contribution >= 0.6 is 11.6 Å². The zero-order valence-electron chi connectivity index (χ0n) is 18.2. The van der Waals surface area contributed by atoms with E-state index in [2.05, 4.69) is 40.6 Å². The molecule has 0 aliphatic carbocycles. The van der Waals surface area contributed by atoms with E-state index in [1.807, 2.05) is 36.7 Å². The molecule has 0 atom stereocenters. The SMILES string of the molecule is Cc1cccc(Cn2nc(C)c(NC(=O)c3ccn(COc4cccc(Cl)c4)n3)c2C)c1. The largest absolute Gasteiger partial charge is 0.471 e. The molecule has 0 fully saturated rings. The molecule has 0 spiro atoms. The Hall–Kier alpha value is -3.58. The standard InChI is InChI=1S/C24H24ClN5O2/c1-16-6-4-7-19(12-16)14-30-18(3)23(17(2)27-30)26-24(31)22-10-11-29(28-22)15-32-21-9-5-8-20(25)13-21/h4-13H,14-15H2,1-3H3,(H,26,31). The number of anilines is 1. The molecule has 0 saturated heterocycles. The van der Waals surface area contributed by atoms with Gasteiger partial charge in [-0.05, 0) is 50.6 Å². The Labute approximate surface area is 191 Å². The second kappa shape index (κ2) is 9.28. The Bertz CT molecular complexity index is 1260. The van der Waals surface area contributed by atoms with Crippen LogP contribution in [0.4, 0.5) is 5.69 Å². The molecule has 0 aliphatic heterocycles. The van der Waals surface area contributed by atoms with E-state index in [0.717, 1.165) is 17.0 Å². The third-order valence-corrected chi connectivity index (χ3v) is 5.30. The third kappa shape index (κ3) is 5.00. The van der Waals surface area contributed by atoms with Gasteiger partial charge in [-0.25, -0.2) is 4.68 Å². The van der Waals surface area contributed by atoms with E-state index in [4.69, 9.17) is 16.3 Å². The van der Waals surface area contributed by atoms with Crippen molar-refractivity contribution in [2.75, 3.05) is 5.32 Å². The zero-order valence-corrected chi connectivity index (χ0v) is 18.9. The first kappa shape index (κ1) is 21.6. The molecule has 0 aliphatic rings. The van der Waals surface area contributed by atoms with Crippen LogP contribution in [0.3, 0.4) is 0 Å². The molecule has 164 valence electrons. The van der Waals surface area contributed by atoms with Crippen LogP contribution in [-0.2, 0) is 13.3 Å². The molecule has 0 radical (unpaired) electrons. The highest BCUT2D eigenvalue weighted by atomic mass is 35.5. The Morgan fingerprint density at radius 3 is 2.66 bits per heavy atom. The summed E-state index contributed by atoms with van der Waals surface area (Å²) in [7, 11) is 0. The summed E-state index contributed by atoms with van der Waals surface area (Å²) in [6, 6.07) is 17.1. The van der Waals surface area contributed by atoms with Gasteiger partial charge < -0.3 is 10.1 Å². The smallest absolute Gasteiger partial charge is 0.276 e. The number of amides is 1. The molecular formula is C24H24ClN5O2. The third-order valence-electron chi connectivity index (χ3n) is 5.07. The number of hydrogen-bond acceptors (Lipinski definition) is 4. The number of halogens is 1. The quantitative estimate of drug-likeness (QED) is 0.431. The van der Waals surface area contributed by atoms with Gasteiger partial charge in [-0.1, -0.05) is 47.5 Å². The normalized spacial score (nSPS) is 10.9. The van der Waals surface area contributed by atoms with Gasteiger partial charge in [0.05, 0.1) is 23.6 Å². The minimum atomic E-state index is -0.298. The Balaban J connectivity index is 1.42. The molecule has 2 aromatic carbocycles. The predicted octanol–water partition coefficient (Wildman–Crippen LogP) is 5.00. The van der Waals surface area contributed by atoms with Crippen molar-refractivity contribution in [3.63, 3.8) is 0 Å². The number of hydrogen-bond donors (Lipinski definition) is 1. The van der Waals surface area contributed by atoms with Crippen LogP contribution in [0, 0.1) is 20.8 Å². The van der Waals surface area contributed by atoms with Crippen molar-refractivity contribution >= 4 is 23.2 Å². The highest BCUT2D eigenvalue weighted by molar-refractivity contribution is 6.30. The van der Waals surface area contributed by atoms with Gasteiger partial charge >= 0.3 is 0 Å². The highest BCUT2D eigenvalue weighted by Gasteiger charge is 2.17. The molecule has 7 nitrogen and oxygen atoms in total.